The van der Waals surface area contributed by atoms with Crippen LogP contribution in [0.3, 0.4) is 0 Å². The quantitative estimate of drug-likeness (QED) is 0.863. The molecule has 2 aliphatic rings. The lowest BCUT2D eigenvalue weighted by Gasteiger charge is -2.37. The molecule has 3 atom stereocenters. The van der Waals surface area contributed by atoms with Crippen molar-refractivity contribution in [2.75, 3.05) is 32.8 Å². The highest BCUT2D eigenvalue weighted by Crippen LogP contribution is 2.27. The van der Waals surface area contributed by atoms with E-state index in [0.29, 0.717) is 19.8 Å². The lowest BCUT2D eigenvalue weighted by atomic mass is 9.82. The van der Waals surface area contributed by atoms with E-state index in [2.05, 4.69) is 12.2 Å². The Labute approximate surface area is 141 Å². The van der Waals surface area contributed by atoms with Crippen LogP contribution < -0.4 is 5.32 Å². The Bertz CT molecular complexity index is 381. The van der Waals surface area contributed by atoms with Crippen molar-refractivity contribution in [3.05, 3.63) is 0 Å². The average Bonchev–Trinajstić information content (AvgIpc) is 2.46. The van der Waals surface area contributed by atoms with Gasteiger partial charge < -0.3 is 14.8 Å². The monoisotopic (exact) mass is 326 g/mol. The van der Waals surface area contributed by atoms with Crippen LogP contribution in [0.25, 0.3) is 0 Å². The predicted octanol–water partition coefficient (Wildman–Crippen LogP) is 3.04. The molecule has 0 radical (unpaired) electrons. The van der Waals surface area contributed by atoms with Crippen molar-refractivity contribution in [2.45, 2.75) is 65.0 Å². The molecule has 0 aromatic heterocycles. The molecule has 1 N–H and O–H groups in total. The zero-order valence-electron chi connectivity index (χ0n) is 15.3. The molecule has 0 aromatic carbocycles. The van der Waals surface area contributed by atoms with Gasteiger partial charge in [0.05, 0.1) is 19.3 Å². The molecule has 1 saturated heterocycles. The minimum absolute atomic E-state index is 0.0691. The van der Waals surface area contributed by atoms with Crippen molar-refractivity contribution in [3.63, 3.8) is 0 Å². The van der Waals surface area contributed by atoms with Crippen LogP contribution in [-0.2, 0) is 9.47 Å². The van der Waals surface area contributed by atoms with Gasteiger partial charge in [-0.25, -0.2) is 4.79 Å². The Morgan fingerprint density at radius 1 is 1.30 bits per heavy atom. The van der Waals surface area contributed by atoms with Gasteiger partial charge in [-0.1, -0.05) is 19.8 Å². The predicted molar refractivity (Wildman–Crippen MR) is 91.5 cm³/mol. The molecule has 1 saturated carbocycles. The summed E-state index contributed by atoms with van der Waals surface area (Å²) in [4.78, 5) is 14.2. The Balaban J connectivity index is 1.78. The van der Waals surface area contributed by atoms with E-state index in [9.17, 15) is 4.79 Å². The van der Waals surface area contributed by atoms with Crippen LogP contribution in [0, 0.1) is 11.8 Å². The van der Waals surface area contributed by atoms with E-state index in [1.807, 2.05) is 25.7 Å². The standard InChI is InChI=1S/C18H34N2O3/c1-14-6-5-7-15(10-14)11-19-12-16-13-22-9-8-20(16)17(21)23-18(2,3)4/h14-16,19H,5-13H2,1-4H3. The Hall–Kier alpha value is -0.810. The molecule has 3 unspecified atom stereocenters. The van der Waals surface area contributed by atoms with E-state index in [4.69, 9.17) is 9.47 Å². The average molecular weight is 326 g/mol. The van der Waals surface area contributed by atoms with Gasteiger partial charge in [0.15, 0.2) is 0 Å². The van der Waals surface area contributed by atoms with Gasteiger partial charge in [-0.2, -0.15) is 0 Å². The number of carbonyl (C=O) groups is 1. The fraction of sp³-hybridized carbons (Fsp3) is 0.944. The summed E-state index contributed by atoms with van der Waals surface area (Å²) in [5.74, 6) is 1.63. The van der Waals surface area contributed by atoms with Crippen molar-refractivity contribution in [1.82, 2.24) is 10.2 Å². The highest BCUT2D eigenvalue weighted by Gasteiger charge is 2.31. The number of hydrogen-bond acceptors (Lipinski definition) is 4. The number of ether oxygens (including phenoxy) is 2. The van der Waals surface area contributed by atoms with E-state index in [0.717, 1.165) is 24.9 Å². The highest BCUT2D eigenvalue weighted by molar-refractivity contribution is 5.68. The summed E-state index contributed by atoms with van der Waals surface area (Å²) < 4.78 is 11.1. The third-order valence-corrected chi connectivity index (χ3v) is 4.71. The number of hydrogen-bond donors (Lipinski definition) is 1. The summed E-state index contributed by atoms with van der Waals surface area (Å²) in [6, 6.07) is 0.0691. The topological polar surface area (TPSA) is 50.8 Å². The largest absolute Gasteiger partial charge is 0.444 e. The third-order valence-electron chi connectivity index (χ3n) is 4.71. The summed E-state index contributed by atoms with van der Waals surface area (Å²) >= 11 is 0. The second-order valence-electron chi connectivity index (χ2n) is 8.20. The summed E-state index contributed by atoms with van der Waals surface area (Å²) in [6.45, 7) is 11.7. The second kappa shape index (κ2) is 8.34. The second-order valence-corrected chi connectivity index (χ2v) is 8.20. The minimum Gasteiger partial charge on any atom is -0.444 e. The molecular weight excluding hydrogens is 292 g/mol. The fourth-order valence-electron chi connectivity index (χ4n) is 3.58. The summed E-state index contributed by atoms with van der Waals surface area (Å²) in [5, 5.41) is 3.56. The SMILES string of the molecule is CC1CCCC(CNCC2COCCN2C(=O)OC(C)(C)C)C1. The van der Waals surface area contributed by atoms with E-state index >= 15 is 0 Å². The first-order valence-electron chi connectivity index (χ1n) is 9.13. The van der Waals surface area contributed by atoms with Gasteiger partial charge in [0.2, 0.25) is 0 Å². The normalized spacial score (nSPS) is 29.4. The molecule has 23 heavy (non-hydrogen) atoms. The van der Waals surface area contributed by atoms with Gasteiger partial charge >= 0.3 is 6.09 Å². The van der Waals surface area contributed by atoms with E-state index in [1.54, 1.807) is 0 Å². The summed E-state index contributed by atoms with van der Waals surface area (Å²) in [5.41, 5.74) is -0.453. The number of carbonyl (C=O) groups excluding carboxylic acids is 1. The van der Waals surface area contributed by atoms with Gasteiger partial charge in [0.1, 0.15) is 5.60 Å². The number of amides is 1. The van der Waals surface area contributed by atoms with Crippen LogP contribution >= 0.6 is 0 Å². The molecule has 134 valence electrons. The van der Waals surface area contributed by atoms with Gasteiger partial charge in [-0.05, 0) is 52.0 Å². The first-order valence-corrected chi connectivity index (χ1v) is 9.13. The molecule has 1 amide bonds. The van der Waals surface area contributed by atoms with Crippen molar-refractivity contribution in [3.8, 4) is 0 Å². The van der Waals surface area contributed by atoms with E-state index < -0.39 is 5.60 Å². The molecule has 1 aliphatic carbocycles. The maximum Gasteiger partial charge on any atom is 0.410 e. The van der Waals surface area contributed by atoms with Crippen LogP contribution in [0.1, 0.15) is 53.4 Å². The molecule has 5 heteroatoms. The summed E-state index contributed by atoms with van der Waals surface area (Å²) in [6.07, 6.45) is 5.15. The molecule has 0 spiro atoms. The Kier molecular flexibility index (Phi) is 6.72. The first kappa shape index (κ1) is 18.5. The van der Waals surface area contributed by atoms with Crippen LogP contribution in [0.4, 0.5) is 4.79 Å². The zero-order chi connectivity index (χ0) is 16.9. The summed E-state index contributed by atoms with van der Waals surface area (Å²) in [7, 11) is 0. The zero-order valence-corrected chi connectivity index (χ0v) is 15.3. The fourth-order valence-corrected chi connectivity index (χ4v) is 3.58. The molecule has 1 aliphatic heterocycles. The lowest BCUT2D eigenvalue weighted by Crippen LogP contribution is -2.54. The number of nitrogens with one attached hydrogen (secondary N) is 1. The highest BCUT2D eigenvalue weighted by atomic mass is 16.6. The van der Waals surface area contributed by atoms with Crippen molar-refractivity contribution < 1.29 is 14.3 Å². The van der Waals surface area contributed by atoms with Crippen molar-refractivity contribution in [2.24, 2.45) is 11.8 Å². The van der Waals surface area contributed by atoms with E-state index in [1.165, 1.54) is 25.7 Å². The molecule has 2 rings (SSSR count). The molecule has 5 nitrogen and oxygen atoms in total. The molecule has 1 heterocycles. The number of nitrogens with zero attached hydrogens (tertiary/aromatic N) is 1. The van der Waals surface area contributed by atoms with Crippen molar-refractivity contribution >= 4 is 6.09 Å². The maximum atomic E-state index is 12.4. The molecule has 0 aromatic rings. The minimum atomic E-state index is -0.453. The van der Waals surface area contributed by atoms with Crippen LogP contribution in [0.5, 0.6) is 0 Å². The van der Waals surface area contributed by atoms with Crippen molar-refractivity contribution in [1.29, 1.82) is 0 Å². The van der Waals surface area contributed by atoms with Crippen LogP contribution in [0.2, 0.25) is 0 Å². The van der Waals surface area contributed by atoms with E-state index in [-0.39, 0.29) is 12.1 Å². The van der Waals surface area contributed by atoms with Gasteiger partial charge in [0, 0.05) is 13.1 Å². The van der Waals surface area contributed by atoms with Crippen LogP contribution in [-0.4, -0.2) is 55.5 Å². The Morgan fingerprint density at radius 3 is 2.78 bits per heavy atom. The number of rotatable bonds is 4. The molecule has 2 fully saturated rings. The Morgan fingerprint density at radius 2 is 2.09 bits per heavy atom. The number of morpholine rings is 1. The third kappa shape index (κ3) is 6.30. The van der Waals surface area contributed by atoms with Crippen LogP contribution in [0.15, 0.2) is 0 Å². The van der Waals surface area contributed by atoms with Gasteiger partial charge in [-0.15, -0.1) is 0 Å². The first-order chi connectivity index (χ1) is 10.8. The van der Waals surface area contributed by atoms with Gasteiger partial charge in [-0.3, -0.25) is 4.90 Å². The maximum absolute atomic E-state index is 12.4. The lowest BCUT2D eigenvalue weighted by molar-refractivity contribution is -0.0319. The smallest absolute Gasteiger partial charge is 0.410 e. The molecule has 0 bridgehead atoms. The molecular formula is C18H34N2O3. The van der Waals surface area contributed by atoms with Gasteiger partial charge in [0.25, 0.3) is 0 Å².